The molecule has 0 amide bonds. The first kappa shape index (κ1) is 20.4. The van der Waals surface area contributed by atoms with Gasteiger partial charge in [-0.3, -0.25) is 4.79 Å². The highest BCUT2D eigenvalue weighted by molar-refractivity contribution is 8.28. The van der Waals surface area contributed by atoms with Crippen LogP contribution in [-0.2, 0) is 9.22 Å². The van der Waals surface area contributed by atoms with Crippen molar-refractivity contribution in [3.05, 3.63) is 0 Å². The van der Waals surface area contributed by atoms with E-state index in [2.05, 4.69) is 63.9 Å². The van der Waals surface area contributed by atoms with Crippen LogP contribution in [-0.4, -0.2) is 41.5 Å². The molecular formula is C13H33NO2SSi3. The second kappa shape index (κ2) is 7.62. The van der Waals surface area contributed by atoms with Crippen molar-refractivity contribution in [2.75, 3.05) is 5.75 Å². The van der Waals surface area contributed by atoms with Crippen LogP contribution in [0.3, 0.4) is 0 Å². The fourth-order valence-electron chi connectivity index (χ4n) is 1.63. The van der Waals surface area contributed by atoms with Crippen LogP contribution in [0.5, 0.6) is 0 Å². The highest BCUT2D eigenvalue weighted by atomic mass is 32.4. The first-order chi connectivity index (χ1) is 8.70. The molecule has 0 aromatic heterocycles. The van der Waals surface area contributed by atoms with E-state index in [1.54, 1.807) is 0 Å². The van der Waals surface area contributed by atoms with Gasteiger partial charge in [-0.15, -0.1) is 0 Å². The summed E-state index contributed by atoms with van der Waals surface area (Å²) in [6.07, 6.45) is 0.878. The van der Waals surface area contributed by atoms with Crippen molar-refractivity contribution >= 4 is 41.0 Å². The third-order valence-corrected chi connectivity index (χ3v) is 8.78. The Kier molecular flexibility index (Phi) is 7.78. The predicted molar refractivity (Wildman–Crippen MR) is 100 cm³/mol. The summed E-state index contributed by atoms with van der Waals surface area (Å²) in [5.74, 6) is 1.00. The average Bonchev–Trinajstić information content (AvgIpc) is 2.09. The minimum absolute atomic E-state index is 0.0391. The Balaban J connectivity index is 4.61. The van der Waals surface area contributed by atoms with Gasteiger partial charge in [-0.2, -0.15) is 11.2 Å². The standard InChI is InChI=1S/C13H33NO2SSi3/c1-18(2,3)14-12(10-11-17-20(7,8)9)13(15)16-19(4,5)6/h12,14H,10-11H2,1-9H3. The van der Waals surface area contributed by atoms with Gasteiger partial charge in [-0.1, -0.05) is 39.3 Å². The second-order valence-corrected chi connectivity index (χ2v) is 26.9. The molecule has 0 fully saturated rings. The maximum atomic E-state index is 12.4. The van der Waals surface area contributed by atoms with Gasteiger partial charge >= 0.3 is 5.97 Å². The van der Waals surface area contributed by atoms with E-state index >= 15 is 0 Å². The third-order valence-electron chi connectivity index (χ3n) is 2.24. The predicted octanol–water partition coefficient (Wildman–Crippen LogP) is 4.12. The van der Waals surface area contributed by atoms with Gasteiger partial charge in [0.05, 0.1) is 6.04 Å². The highest BCUT2D eigenvalue weighted by Crippen LogP contribution is 2.21. The molecule has 0 aliphatic rings. The number of hydrogen-bond acceptors (Lipinski definition) is 4. The Bertz CT molecular complexity index is 319. The SMILES string of the molecule is C[Si](C)(C)NC(CCS[Si](C)(C)C)C(=O)O[Si](C)(C)C. The summed E-state index contributed by atoms with van der Waals surface area (Å²) in [5.41, 5.74) is 0. The molecule has 0 spiro atoms. The number of carbonyl (C=O) groups excluding carboxylic acids is 1. The Labute approximate surface area is 132 Å². The van der Waals surface area contributed by atoms with E-state index < -0.39 is 23.8 Å². The van der Waals surface area contributed by atoms with E-state index in [1.165, 1.54) is 0 Å². The molecule has 0 saturated carbocycles. The second-order valence-electron chi connectivity index (χ2n) is 8.23. The number of nitrogens with one attached hydrogen (secondary N) is 1. The van der Waals surface area contributed by atoms with E-state index in [9.17, 15) is 4.79 Å². The summed E-state index contributed by atoms with van der Waals surface area (Å²) in [6.45, 7) is 19.9. The average molecular weight is 352 g/mol. The Morgan fingerprint density at radius 1 is 1.05 bits per heavy atom. The molecule has 1 unspecified atom stereocenters. The summed E-state index contributed by atoms with van der Waals surface area (Å²) in [4.78, 5) is 15.9. The van der Waals surface area contributed by atoms with E-state index in [1.807, 2.05) is 11.2 Å². The summed E-state index contributed by atoms with van der Waals surface area (Å²) in [6, 6.07) is -0.128. The normalized spacial score (nSPS) is 15.1. The molecule has 0 aliphatic heterocycles. The molecule has 0 radical (unpaired) electrons. The Morgan fingerprint density at radius 3 is 1.90 bits per heavy atom. The van der Waals surface area contributed by atoms with Crippen molar-refractivity contribution in [3.8, 4) is 0 Å². The zero-order valence-electron chi connectivity index (χ0n) is 14.7. The molecule has 7 heteroatoms. The fraction of sp³-hybridized carbons (Fsp3) is 0.923. The van der Waals surface area contributed by atoms with Gasteiger partial charge in [0.15, 0.2) is 0 Å². The molecule has 20 heavy (non-hydrogen) atoms. The Hall–Kier alpha value is 0.431. The molecule has 0 aromatic carbocycles. The number of hydrogen-bond donors (Lipinski definition) is 1. The molecule has 1 N–H and O–H groups in total. The van der Waals surface area contributed by atoms with Crippen LogP contribution in [0.15, 0.2) is 0 Å². The zero-order valence-corrected chi connectivity index (χ0v) is 18.5. The monoisotopic (exact) mass is 351 g/mol. The Morgan fingerprint density at radius 2 is 1.55 bits per heavy atom. The third kappa shape index (κ3) is 12.2. The molecule has 0 heterocycles. The topological polar surface area (TPSA) is 38.3 Å². The first-order valence-corrected chi connectivity index (χ1v) is 19.5. The van der Waals surface area contributed by atoms with Gasteiger partial charge in [-0.25, -0.2) is 0 Å². The molecule has 120 valence electrons. The van der Waals surface area contributed by atoms with E-state index in [0.29, 0.717) is 0 Å². The number of rotatable bonds is 8. The smallest absolute Gasteiger partial charge is 0.309 e. The lowest BCUT2D eigenvalue weighted by atomic mass is 10.2. The van der Waals surface area contributed by atoms with Crippen molar-refractivity contribution in [3.63, 3.8) is 0 Å². The van der Waals surface area contributed by atoms with Crippen molar-refractivity contribution < 1.29 is 9.22 Å². The molecule has 1 atom stereocenters. The lowest BCUT2D eigenvalue weighted by Gasteiger charge is -2.29. The minimum atomic E-state index is -1.81. The van der Waals surface area contributed by atoms with Crippen LogP contribution < -0.4 is 4.98 Å². The molecule has 0 bridgehead atoms. The molecule has 0 rings (SSSR count). The van der Waals surface area contributed by atoms with Gasteiger partial charge in [0.1, 0.15) is 15.5 Å². The van der Waals surface area contributed by atoms with Crippen LogP contribution >= 0.6 is 11.2 Å². The van der Waals surface area contributed by atoms with Crippen LogP contribution in [0, 0.1) is 0 Å². The largest absolute Gasteiger partial charge is 0.519 e. The number of carbonyl (C=O) groups is 1. The summed E-state index contributed by atoms with van der Waals surface area (Å²) in [5, 5.41) is 0. The lowest BCUT2D eigenvalue weighted by molar-refractivity contribution is -0.137. The summed E-state index contributed by atoms with van der Waals surface area (Å²) >= 11 is 2.04. The van der Waals surface area contributed by atoms with Crippen LogP contribution in [0.25, 0.3) is 0 Å². The van der Waals surface area contributed by atoms with Crippen molar-refractivity contribution in [1.82, 2.24) is 4.98 Å². The molecular weight excluding hydrogens is 318 g/mol. The van der Waals surface area contributed by atoms with Gasteiger partial charge < -0.3 is 9.41 Å². The van der Waals surface area contributed by atoms with Crippen molar-refractivity contribution in [2.24, 2.45) is 0 Å². The highest BCUT2D eigenvalue weighted by Gasteiger charge is 2.30. The molecule has 0 aromatic rings. The van der Waals surface area contributed by atoms with Gasteiger partial charge in [0.2, 0.25) is 8.32 Å². The van der Waals surface area contributed by atoms with E-state index in [0.717, 1.165) is 12.2 Å². The van der Waals surface area contributed by atoms with Crippen molar-refractivity contribution in [2.45, 2.75) is 71.4 Å². The van der Waals surface area contributed by atoms with Gasteiger partial charge in [0.25, 0.3) is 0 Å². The van der Waals surface area contributed by atoms with E-state index in [4.69, 9.17) is 4.43 Å². The van der Waals surface area contributed by atoms with E-state index in [-0.39, 0.29) is 12.0 Å². The van der Waals surface area contributed by atoms with Crippen molar-refractivity contribution in [1.29, 1.82) is 0 Å². The van der Waals surface area contributed by atoms with Gasteiger partial charge in [-0.05, 0) is 31.8 Å². The quantitative estimate of drug-likeness (QED) is 0.668. The maximum absolute atomic E-state index is 12.4. The minimum Gasteiger partial charge on any atom is -0.519 e. The molecule has 3 nitrogen and oxygen atoms in total. The van der Waals surface area contributed by atoms with Crippen LogP contribution in [0.4, 0.5) is 0 Å². The lowest BCUT2D eigenvalue weighted by Crippen LogP contribution is -2.53. The summed E-state index contributed by atoms with van der Waals surface area (Å²) < 4.78 is 5.69. The fourth-order valence-corrected chi connectivity index (χ4v) is 6.84. The van der Waals surface area contributed by atoms with Gasteiger partial charge in [0, 0.05) is 0 Å². The zero-order chi connectivity index (χ0) is 16.2. The summed E-state index contributed by atoms with van der Waals surface area (Å²) in [7, 11) is -4.40. The molecule has 0 aliphatic carbocycles. The van der Waals surface area contributed by atoms with Crippen LogP contribution in [0.1, 0.15) is 6.42 Å². The first-order valence-electron chi connectivity index (χ1n) is 7.34. The maximum Gasteiger partial charge on any atom is 0.309 e. The van der Waals surface area contributed by atoms with Crippen LogP contribution in [0.2, 0.25) is 58.9 Å². The molecule has 0 saturated heterocycles.